The Balaban J connectivity index is 1.43. The molecule has 0 aliphatic carbocycles. The van der Waals surface area contributed by atoms with Crippen molar-refractivity contribution in [2.45, 2.75) is 19.0 Å². The van der Waals surface area contributed by atoms with E-state index in [0.717, 1.165) is 5.56 Å². The molecule has 0 aromatic heterocycles. The number of fused-ring (bicyclic) bond motifs is 2. The molecule has 2 aliphatic rings. The molecule has 0 bridgehead atoms. The number of amides is 4. The number of urea groups is 2. The van der Waals surface area contributed by atoms with Crippen molar-refractivity contribution in [3.8, 4) is 5.75 Å². The third-order valence-electron chi connectivity index (χ3n) is 4.94. The molecule has 0 fully saturated rings. The summed E-state index contributed by atoms with van der Waals surface area (Å²) in [6.07, 6.45) is 0.533. The van der Waals surface area contributed by atoms with Gasteiger partial charge in [-0.25, -0.2) is 14.0 Å². The van der Waals surface area contributed by atoms with Gasteiger partial charge in [-0.05, 0) is 35.9 Å². The van der Waals surface area contributed by atoms with Gasteiger partial charge < -0.3 is 30.7 Å². The molecule has 8 nitrogen and oxygen atoms in total. The van der Waals surface area contributed by atoms with Crippen LogP contribution in [-0.2, 0) is 6.54 Å². The molecule has 1 atom stereocenters. The number of nitrogens with zero attached hydrogens (tertiary/aromatic N) is 1. The predicted molar refractivity (Wildman–Crippen MR) is 104 cm³/mol. The van der Waals surface area contributed by atoms with Crippen molar-refractivity contribution in [3.05, 3.63) is 53.3 Å². The van der Waals surface area contributed by atoms with E-state index in [-0.39, 0.29) is 31.0 Å². The molecule has 152 valence electrons. The van der Waals surface area contributed by atoms with Crippen LogP contribution in [0.5, 0.6) is 5.75 Å². The SMILES string of the molecule is O=C(Nc1ccc2c(c1)NC(=O)N(CCO)C2)N[C@@H]1CCOc2ccc(F)cc21. The lowest BCUT2D eigenvalue weighted by atomic mass is 10.0. The van der Waals surface area contributed by atoms with Crippen LogP contribution in [0.15, 0.2) is 36.4 Å². The minimum Gasteiger partial charge on any atom is -0.493 e. The number of β-amino-alcohol motifs (C(OH)–C–C–N with tert-alkyl or cyclic N) is 1. The zero-order chi connectivity index (χ0) is 20.4. The summed E-state index contributed by atoms with van der Waals surface area (Å²) < 4.78 is 19.1. The van der Waals surface area contributed by atoms with Gasteiger partial charge in [0.05, 0.1) is 19.3 Å². The van der Waals surface area contributed by atoms with E-state index in [0.29, 0.717) is 42.3 Å². The summed E-state index contributed by atoms with van der Waals surface area (Å²) in [5.41, 5.74) is 2.62. The Morgan fingerprint density at radius 1 is 1.31 bits per heavy atom. The Morgan fingerprint density at radius 2 is 2.17 bits per heavy atom. The number of halogens is 1. The van der Waals surface area contributed by atoms with E-state index in [4.69, 9.17) is 9.84 Å². The Hall–Kier alpha value is -3.33. The van der Waals surface area contributed by atoms with E-state index in [2.05, 4.69) is 16.0 Å². The molecule has 4 rings (SSSR count). The first-order valence-corrected chi connectivity index (χ1v) is 9.33. The van der Waals surface area contributed by atoms with Crippen molar-refractivity contribution in [2.75, 3.05) is 30.4 Å². The van der Waals surface area contributed by atoms with Gasteiger partial charge in [0.15, 0.2) is 0 Å². The average molecular weight is 400 g/mol. The summed E-state index contributed by atoms with van der Waals surface area (Å²) in [4.78, 5) is 26.0. The smallest absolute Gasteiger partial charge is 0.322 e. The van der Waals surface area contributed by atoms with Crippen molar-refractivity contribution in [3.63, 3.8) is 0 Å². The van der Waals surface area contributed by atoms with Crippen molar-refractivity contribution in [1.29, 1.82) is 0 Å². The van der Waals surface area contributed by atoms with Crippen LogP contribution >= 0.6 is 0 Å². The molecule has 0 saturated carbocycles. The normalized spacial score (nSPS) is 17.5. The second-order valence-corrected chi connectivity index (χ2v) is 6.92. The van der Waals surface area contributed by atoms with E-state index in [9.17, 15) is 14.0 Å². The van der Waals surface area contributed by atoms with Crippen LogP contribution in [0.4, 0.5) is 25.4 Å². The second-order valence-electron chi connectivity index (χ2n) is 6.92. The first kappa shape index (κ1) is 19.0. The monoisotopic (exact) mass is 400 g/mol. The van der Waals surface area contributed by atoms with Crippen LogP contribution in [0, 0.1) is 5.82 Å². The van der Waals surface area contributed by atoms with Crippen LogP contribution < -0.4 is 20.7 Å². The van der Waals surface area contributed by atoms with Gasteiger partial charge in [-0.2, -0.15) is 0 Å². The van der Waals surface area contributed by atoms with Crippen LogP contribution in [0.1, 0.15) is 23.6 Å². The number of anilines is 2. The van der Waals surface area contributed by atoms with Crippen LogP contribution in [-0.4, -0.2) is 41.8 Å². The molecule has 4 N–H and O–H groups in total. The molecule has 2 heterocycles. The summed E-state index contributed by atoms with van der Waals surface area (Å²) in [6.45, 7) is 0.958. The fraction of sp³-hybridized carbons (Fsp3) is 0.300. The summed E-state index contributed by atoms with van der Waals surface area (Å²) in [5, 5.41) is 17.4. The first-order valence-electron chi connectivity index (χ1n) is 9.33. The lowest BCUT2D eigenvalue weighted by molar-refractivity contribution is 0.183. The summed E-state index contributed by atoms with van der Waals surface area (Å²) >= 11 is 0. The van der Waals surface area contributed by atoms with Gasteiger partial charge in [-0.15, -0.1) is 0 Å². The highest BCUT2D eigenvalue weighted by Gasteiger charge is 2.25. The summed E-state index contributed by atoms with van der Waals surface area (Å²) in [7, 11) is 0. The number of hydrogen-bond acceptors (Lipinski definition) is 4. The lowest BCUT2D eigenvalue weighted by Gasteiger charge is -2.29. The van der Waals surface area contributed by atoms with E-state index in [1.165, 1.54) is 17.0 Å². The number of carbonyl (C=O) groups is 2. The highest BCUT2D eigenvalue weighted by molar-refractivity contribution is 5.95. The third-order valence-corrected chi connectivity index (χ3v) is 4.94. The minimum absolute atomic E-state index is 0.109. The second kappa shape index (κ2) is 7.96. The maximum atomic E-state index is 13.6. The fourth-order valence-corrected chi connectivity index (χ4v) is 3.52. The highest BCUT2D eigenvalue weighted by Crippen LogP contribution is 2.32. The lowest BCUT2D eigenvalue weighted by Crippen LogP contribution is -2.40. The van der Waals surface area contributed by atoms with Gasteiger partial charge in [-0.3, -0.25) is 0 Å². The number of rotatable bonds is 4. The first-order chi connectivity index (χ1) is 14.0. The largest absolute Gasteiger partial charge is 0.493 e. The molecular formula is C20H21FN4O4. The quantitative estimate of drug-likeness (QED) is 0.634. The van der Waals surface area contributed by atoms with Gasteiger partial charge in [0, 0.05) is 36.4 Å². The number of ether oxygens (including phenoxy) is 1. The number of nitrogens with one attached hydrogen (secondary N) is 3. The molecule has 9 heteroatoms. The van der Waals surface area contributed by atoms with Crippen molar-refractivity contribution in [2.24, 2.45) is 0 Å². The van der Waals surface area contributed by atoms with Gasteiger partial charge in [0.25, 0.3) is 0 Å². The summed E-state index contributed by atoms with van der Waals surface area (Å²) in [6, 6.07) is 8.39. The summed E-state index contributed by atoms with van der Waals surface area (Å²) in [5.74, 6) is 0.175. The van der Waals surface area contributed by atoms with Crippen LogP contribution in [0.3, 0.4) is 0 Å². The number of benzene rings is 2. The number of hydrogen-bond donors (Lipinski definition) is 4. The number of aliphatic hydroxyl groups excluding tert-OH is 1. The molecule has 4 amide bonds. The van der Waals surface area contributed by atoms with E-state index in [1.54, 1.807) is 18.2 Å². The number of carbonyl (C=O) groups excluding carboxylic acids is 2. The zero-order valence-corrected chi connectivity index (χ0v) is 15.6. The van der Waals surface area contributed by atoms with Gasteiger partial charge in [0.2, 0.25) is 0 Å². The van der Waals surface area contributed by atoms with Crippen molar-refractivity contribution < 1.29 is 23.8 Å². The van der Waals surface area contributed by atoms with Crippen LogP contribution in [0.2, 0.25) is 0 Å². The predicted octanol–water partition coefficient (Wildman–Crippen LogP) is 2.81. The van der Waals surface area contributed by atoms with Gasteiger partial charge in [-0.1, -0.05) is 6.07 Å². The molecule has 2 aromatic rings. The Bertz CT molecular complexity index is 952. The van der Waals surface area contributed by atoms with Gasteiger partial charge >= 0.3 is 12.1 Å². The molecule has 29 heavy (non-hydrogen) atoms. The Labute approximate surface area is 166 Å². The Morgan fingerprint density at radius 3 is 3.00 bits per heavy atom. The highest BCUT2D eigenvalue weighted by atomic mass is 19.1. The molecule has 2 aromatic carbocycles. The van der Waals surface area contributed by atoms with Crippen LogP contribution in [0.25, 0.3) is 0 Å². The minimum atomic E-state index is -0.434. The zero-order valence-electron chi connectivity index (χ0n) is 15.6. The molecule has 2 aliphatic heterocycles. The molecular weight excluding hydrogens is 379 g/mol. The topological polar surface area (TPSA) is 103 Å². The average Bonchev–Trinajstić information content (AvgIpc) is 2.69. The maximum Gasteiger partial charge on any atom is 0.322 e. The number of aliphatic hydroxyl groups is 1. The van der Waals surface area contributed by atoms with Crippen molar-refractivity contribution >= 4 is 23.4 Å². The molecule has 0 unspecified atom stereocenters. The Kier molecular flexibility index (Phi) is 5.22. The molecule has 0 spiro atoms. The third kappa shape index (κ3) is 4.09. The molecule has 0 saturated heterocycles. The molecule has 0 radical (unpaired) electrons. The van der Waals surface area contributed by atoms with Crippen molar-refractivity contribution in [1.82, 2.24) is 10.2 Å². The standard InChI is InChI=1S/C20H21FN4O4/c21-13-2-4-18-15(9-13)16(5-8-29-18)23-19(27)22-14-3-1-12-11-25(6-7-26)20(28)24-17(12)10-14/h1-4,9-10,16,26H,5-8,11H2,(H,24,28)(H2,22,23,27)/t16-/m1/s1. The van der Waals surface area contributed by atoms with E-state index >= 15 is 0 Å². The van der Waals surface area contributed by atoms with E-state index in [1.807, 2.05) is 6.07 Å². The van der Waals surface area contributed by atoms with Gasteiger partial charge in [0.1, 0.15) is 11.6 Å². The fourth-order valence-electron chi connectivity index (χ4n) is 3.52. The maximum absolute atomic E-state index is 13.6. The van der Waals surface area contributed by atoms with E-state index < -0.39 is 6.03 Å².